The molecule has 31 heavy (non-hydrogen) atoms. The molecule has 1 aliphatic heterocycles. The smallest absolute Gasteiger partial charge is 0.409 e. The van der Waals surface area contributed by atoms with Crippen LogP contribution in [0.3, 0.4) is 0 Å². The van der Waals surface area contributed by atoms with Crippen LogP contribution in [0.2, 0.25) is 0 Å². The predicted molar refractivity (Wildman–Crippen MR) is 113 cm³/mol. The van der Waals surface area contributed by atoms with E-state index in [9.17, 15) is 18.8 Å². The number of piperazine rings is 1. The van der Waals surface area contributed by atoms with Crippen LogP contribution < -0.4 is 10.3 Å². The summed E-state index contributed by atoms with van der Waals surface area (Å²) in [4.78, 5) is 44.5. The van der Waals surface area contributed by atoms with Gasteiger partial charge in [-0.15, -0.1) is 11.6 Å². The number of ether oxygens (including phenoxy) is 2. The lowest BCUT2D eigenvalue weighted by Crippen LogP contribution is -2.49. The van der Waals surface area contributed by atoms with Gasteiger partial charge in [0, 0.05) is 44.8 Å². The maximum Gasteiger partial charge on any atom is 0.409 e. The first kappa shape index (κ1) is 22.8. The van der Waals surface area contributed by atoms with Gasteiger partial charge >= 0.3 is 12.1 Å². The second kappa shape index (κ2) is 9.95. The molecule has 1 aliphatic rings. The van der Waals surface area contributed by atoms with E-state index in [1.807, 2.05) is 0 Å². The van der Waals surface area contributed by atoms with Crippen LogP contribution in [0, 0.1) is 5.82 Å². The highest BCUT2D eigenvalue weighted by molar-refractivity contribution is 6.17. The van der Waals surface area contributed by atoms with Gasteiger partial charge in [0.05, 0.1) is 18.6 Å². The van der Waals surface area contributed by atoms with Crippen LogP contribution in [0.25, 0.3) is 11.0 Å². The van der Waals surface area contributed by atoms with E-state index in [1.54, 1.807) is 28.2 Å². The molecule has 0 atom stereocenters. The summed E-state index contributed by atoms with van der Waals surface area (Å²) in [5.74, 6) is -1.19. The molecule has 3 rings (SSSR count). The Labute approximate surface area is 183 Å². The van der Waals surface area contributed by atoms with Gasteiger partial charge < -0.3 is 23.8 Å². The van der Waals surface area contributed by atoms with Crippen molar-refractivity contribution in [3.8, 4) is 0 Å². The molecule has 1 fully saturated rings. The van der Waals surface area contributed by atoms with Crippen molar-refractivity contribution < 1.29 is 23.5 Å². The predicted octanol–water partition coefficient (Wildman–Crippen LogP) is 2.23. The van der Waals surface area contributed by atoms with Crippen LogP contribution in [0.4, 0.5) is 15.0 Å². The van der Waals surface area contributed by atoms with E-state index in [2.05, 4.69) is 4.98 Å². The number of rotatable bonds is 6. The first-order valence-corrected chi connectivity index (χ1v) is 10.6. The Balaban J connectivity index is 1.98. The van der Waals surface area contributed by atoms with Crippen LogP contribution in [0.1, 0.15) is 24.2 Å². The lowest BCUT2D eigenvalue weighted by atomic mass is 10.1. The molecule has 2 aromatic rings. The highest BCUT2D eigenvalue weighted by atomic mass is 35.5. The van der Waals surface area contributed by atoms with E-state index >= 15 is 0 Å². The number of pyridine rings is 2. The van der Waals surface area contributed by atoms with Crippen molar-refractivity contribution in [3.63, 3.8) is 0 Å². The van der Waals surface area contributed by atoms with Crippen LogP contribution in [0.5, 0.6) is 0 Å². The fourth-order valence-electron chi connectivity index (χ4n) is 3.43. The molecule has 0 unspecified atom stereocenters. The number of esters is 1. The van der Waals surface area contributed by atoms with Crippen LogP contribution >= 0.6 is 11.6 Å². The summed E-state index contributed by atoms with van der Waals surface area (Å²) in [5.41, 5.74) is -0.622. The number of hydrogen-bond donors (Lipinski definition) is 0. The number of hydrogen-bond acceptors (Lipinski definition) is 7. The standard InChI is InChI=1S/C20H24ClFN4O5/c1-3-30-19(28)14-12-26(6-5-21)17-13(16(14)27)11-15(22)18(23-17)24-7-9-25(10-8-24)20(29)31-4-2/h11-12H,3-10H2,1-2H3. The van der Waals surface area contributed by atoms with Gasteiger partial charge in [0.2, 0.25) is 5.43 Å². The number of amides is 1. The van der Waals surface area contributed by atoms with E-state index in [4.69, 9.17) is 21.1 Å². The molecular formula is C20H24ClFN4O5. The lowest BCUT2D eigenvalue weighted by molar-refractivity contribution is 0.0524. The molecule has 0 saturated carbocycles. The second-order valence-electron chi connectivity index (χ2n) is 6.81. The first-order valence-electron chi connectivity index (χ1n) is 10.0. The van der Waals surface area contributed by atoms with E-state index < -0.39 is 23.3 Å². The monoisotopic (exact) mass is 454 g/mol. The van der Waals surface area contributed by atoms with Crippen LogP contribution in [-0.4, -0.2) is 71.8 Å². The summed E-state index contributed by atoms with van der Waals surface area (Å²) in [6, 6.07) is 1.09. The number of alkyl halides is 1. The SMILES string of the molecule is CCOC(=O)c1cn(CCCl)c2nc(N3CCN(C(=O)OCC)CC3)c(F)cc2c1=O. The first-order chi connectivity index (χ1) is 14.9. The average molecular weight is 455 g/mol. The van der Waals surface area contributed by atoms with Crippen LogP contribution in [-0.2, 0) is 16.0 Å². The molecule has 0 aromatic carbocycles. The highest BCUT2D eigenvalue weighted by Crippen LogP contribution is 2.23. The number of aryl methyl sites for hydroxylation is 1. The van der Waals surface area contributed by atoms with Gasteiger partial charge in [0.1, 0.15) is 11.2 Å². The Morgan fingerprint density at radius 3 is 2.45 bits per heavy atom. The fourth-order valence-corrected chi connectivity index (χ4v) is 3.61. The summed E-state index contributed by atoms with van der Waals surface area (Å²) in [6.45, 7) is 5.44. The Bertz CT molecular complexity index is 1040. The molecule has 11 heteroatoms. The molecule has 168 valence electrons. The van der Waals surface area contributed by atoms with Gasteiger partial charge in [0.25, 0.3) is 0 Å². The Morgan fingerprint density at radius 1 is 1.16 bits per heavy atom. The lowest BCUT2D eigenvalue weighted by Gasteiger charge is -2.34. The number of carbonyl (C=O) groups is 2. The minimum atomic E-state index is -0.780. The third kappa shape index (κ3) is 4.73. The van der Waals surface area contributed by atoms with E-state index in [-0.39, 0.29) is 48.1 Å². The molecule has 3 heterocycles. The largest absolute Gasteiger partial charge is 0.462 e. The minimum Gasteiger partial charge on any atom is -0.462 e. The Kier molecular flexibility index (Phi) is 7.32. The molecule has 2 aromatic heterocycles. The zero-order valence-electron chi connectivity index (χ0n) is 17.4. The van der Waals surface area contributed by atoms with Gasteiger partial charge in [-0.05, 0) is 19.9 Å². The maximum absolute atomic E-state index is 15.0. The van der Waals surface area contributed by atoms with Gasteiger partial charge in [-0.1, -0.05) is 0 Å². The van der Waals surface area contributed by atoms with Crippen molar-refractivity contribution in [3.05, 3.63) is 33.9 Å². The summed E-state index contributed by atoms with van der Waals surface area (Å²) >= 11 is 5.88. The number of halogens is 2. The zero-order valence-corrected chi connectivity index (χ0v) is 18.2. The highest BCUT2D eigenvalue weighted by Gasteiger charge is 2.26. The van der Waals surface area contributed by atoms with Crippen molar-refractivity contribution >= 4 is 40.5 Å². The normalized spacial score (nSPS) is 14.1. The number of carbonyl (C=O) groups excluding carboxylic acids is 2. The minimum absolute atomic E-state index is 0.0259. The van der Waals surface area contributed by atoms with Crippen molar-refractivity contribution in [1.82, 2.24) is 14.5 Å². The zero-order chi connectivity index (χ0) is 22.5. The number of fused-ring (bicyclic) bond motifs is 1. The van der Waals surface area contributed by atoms with E-state index in [0.29, 0.717) is 26.2 Å². The Hall–Kier alpha value is -2.88. The number of anilines is 1. The van der Waals surface area contributed by atoms with Gasteiger partial charge in [0.15, 0.2) is 11.6 Å². The number of nitrogens with zero attached hydrogens (tertiary/aromatic N) is 4. The summed E-state index contributed by atoms with van der Waals surface area (Å²) in [7, 11) is 0. The number of aromatic nitrogens is 2. The molecule has 1 amide bonds. The van der Waals surface area contributed by atoms with E-state index in [1.165, 1.54) is 6.20 Å². The molecule has 0 radical (unpaired) electrons. The van der Waals surface area contributed by atoms with E-state index in [0.717, 1.165) is 6.07 Å². The summed E-state index contributed by atoms with van der Waals surface area (Å²) in [5, 5.41) is -0.0259. The maximum atomic E-state index is 15.0. The van der Waals surface area contributed by atoms with Crippen molar-refractivity contribution in [2.45, 2.75) is 20.4 Å². The molecule has 0 aliphatic carbocycles. The van der Waals surface area contributed by atoms with Gasteiger partial charge in [-0.25, -0.2) is 19.0 Å². The topological polar surface area (TPSA) is 94.0 Å². The molecule has 1 saturated heterocycles. The quantitative estimate of drug-likeness (QED) is 0.488. The molecule has 0 bridgehead atoms. The molecule has 0 N–H and O–H groups in total. The van der Waals surface area contributed by atoms with Crippen molar-refractivity contribution in [1.29, 1.82) is 0 Å². The van der Waals surface area contributed by atoms with Crippen molar-refractivity contribution in [2.75, 3.05) is 50.2 Å². The van der Waals surface area contributed by atoms with Gasteiger partial charge in [-0.2, -0.15) is 0 Å². The third-order valence-electron chi connectivity index (χ3n) is 4.91. The van der Waals surface area contributed by atoms with Crippen molar-refractivity contribution in [2.24, 2.45) is 0 Å². The molecule has 0 spiro atoms. The molecular weight excluding hydrogens is 431 g/mol. The van der Waals surface area contributed by atoms with Gasteiger partial charge in [-0.3, -0.25) is 4.79 Å². The Morgan fingerprint density at radius 2 is 1.84 bits per heavy atom. The summed E-state index contributed by atoms with van der Waals surface area (Å²) in [6.07, 6.45) is 0.940. The average Bonchev–Trinajstić information content (AvgIpc) is 2.76. The summed E-state index contributed by atoms with van der Waals surface area (Å²) < 4.78 is 26.4. The van der Waals surface area contributed by atoms with Crippen LogP contribution in [0.15, 0.2) is 17.1 Å². The fraction of sp³-hybridized carbons (Fsp3) is 0.500. The third-order valence-corrected chi connectivity index (χ3v) is 5.08. The molecule has 9 nitrogen and oxygen atoms in total. The second-order valence-corrected chi connectivity index (χ2v) is 7.19.